The Labute approximate surface area is 160 Å². The van der Waals surface area contributed by atoms with Crippen molar-refractivity contribution in [3.05, 3.63) is 109 Å². The van der Waals surface area contributed by atoms with Crippen molar-refractivity contribution in [2.24, 2.45) is 0 Å². The zero-order valence-electron chi connectivity index (χ0n) is 15.3. The summed E-state index contributed by atoms with van der Waals surface area (Å²) in [6, 6.07) is 27.3. The highest BCUT2D eigenvalue weighted by molar-refractivity contribution is 5.91. The van der Waals surface area contributed by atoms with Crippen LogP contribution in [0.3, 0.4) is 0 Å². The normalized spacial score (nSPS) is 11.6. The van der Waals surface area contributed by atoms with E-state index in [9.17, 15) is 0 Å². The molecule has 0 bridgehead atoms. The van der Waals surface area contributed by atoms with Gasteiger partial charge in [-0.15, -0.1) is 0 Å². The largest absolute Gasteiger partial charge is 0.356 e. The lowest BCUT2D eigenvalue weighted by Gasteiger charge is -2.09. The Hall–Kier alpha value is -3.52. The number of hydrogen-bond donors (Lipinski definition) is 1. The third-order valence-electron chi connectivity index (χ3n) is 4.53. The molecule has 27 heavy (non-hydrogen) atoms. The minimum Gasteiger partial charge on any atom is -0.356 e. The summed E-state index contributed by atoms with van der Waals surface area (Å²) in [5, 5.41) is 4.69. The first kappa shape index (κ1) is 16.9. The maximum Gasteiger partial charge on any atom is 0.0534 e. The van der Waals surface area contributed by atoms with Crippen molar-refractivity contribution in [2.75, 3.05) is 5.32 Å². The molecule has 0 radical (unpaired) electrons. The maximum absolute atomic E-state index is 3.43. The average Bonchev–Trinajstić information content (AvgIpc) is 3.09. The summed E-state index contributed by atoms with van der Waals surface area (Å²) in [4.78, 5) is 0. The maximum atomic E-state index is 3.43. The van der Waals surface area contributed by atoms with Gasteiger partial charge in [-0.05, 0) is 49.4 Å². The average molecular weight is 350 g/mol. The van der Waals surface area contributed by atoms with Gasteiger partial charge in [0.1, 0.15) is 0 Å². The topological polar surface area (TPSA) is 17.0 Å². The van der Waals surface area contributed by atoms with Gasteiger partial charge in [-0.2, -0.15) is 0 Å². The highest BCUT2D eigenvalue weighted by Gasteiger charge is 2.07. The number of hydrogen-bond acceptors (Lipinski definition) is 1. The number of allylic oxidation sites excluding steroid dienone is 3. The van der Waals surface area contributed by atoms with E-state index in [4.69, 9.17) is 0 Å². The van der Waals surface area contributed by atoms with Gasteiger partial charge >= 0.3 is 0 Å². The van der Waals surface area contributed by atoms with Crippen LogP contribution in [0, 0.1) is 0 Å². The van der Waals surface area contributed by atoms with Crippen molar-refractivity contribution in [2.45, 2.75) is 6.92 Å². The number of anilines is 2. The Morgan fingerprint density at radius 1 is 0.741 bits per heavy atom. The molecule has 1 heterocycles. The van der Waals surface area contributed by atoms with Crippen molar-refractivity contribution >= 4 is 28.4 Å². The van der Waals surface area contributed by atoms with Crippen molar-refractivity contribution < 1.29 is 0 Å². The van der Waals surface area contributed by atoms with Crippen molar-refractivity contribution in [1.29, 1.82) is 0 Å². The van der Waals surface area contributed by atoms with Gasteiger partial charge in [-0.1, -0.05) is 60.7 Å². The van der Waals surface area contributed by atoms with Gasteiger partial charge < -0.3 is 9.88 Å². The standard InChI is InChI=1S/C25H22N2/c1-2-3-5-10-20-19-27(25-14-9-8-13-24(20)25)23-17-15-22(16-18-23)26-21-11-6-4-7-12-21/h2-19,26H,1H3/b3-2-,10-5-. The molecule has 132 valence electrons. The number of aromatic nitrogens is 1. The van der Waals surface area contributed by atoms with Crippen molar-refractivity contribution in [1.82, 2.24) is 4.57 Å². The highest BCUT2D eigenvalue weighted by Crippen LogP contribution is 2.27. The van der Waals surface area contributed by atoms with Crippen LogP contribution in [0.5, 0.6) is 0 Å². The van der Waals surface area contributed by atoms with Crippen molar-refractivity contribution in [3.8, 4) is 5.69 Å². The molecule has 0 spiro atoms. The lowest BCUT2D eigenvalue weighted by atomic mass is 10.1. The molecule has 0 amide bonds. The second-order valence-electron chi connectivity index (χ2n) is 6.39. The number of nitrogens with one attached hydrogen (secondary N) is 1. The lowest BCUT2D eigenvalue weighted by molar-refractivity contribution is 1.13. The molecular formula is C25H22N2. The van der Waals surface area contributed by atoms with Crippen LogP contribution in [0.2, 0.25) is 0 Å². The van der Waals surface area contributed by atoms with E-state index in [1.165, 1.54) is 16.5 Å². The third kappa shape index (κ3) is 3.70. The molecule has 0 saturated carbocycles. The molecule has 3 aromatic carbocycles. The molecule has 2 nitrogen and oxygen atoms in total. The predicted molar refractivity (Wildman–Crippen MR) is 117 cm³/mol. The molecule has 0 aliphatic carbocycles. The quantitative estimate of drug-likeness (QED) is 0.385. The monoisotopic (exact) mass is 350 g/mol. The van der Waals surface area contributed by atoms with Crippen LogP contribution in [0.4, 0.5) is 11.4 Å². The van der Waals surface area contributed by atoms with Gasteiger partial charge in [0.25, 0.3) is 0 Å². The smallest absolute Gasteiger partial charge is 0.0534 e. The summed E-state index contributed by atoms with van der Waals surface area (Å²) in [5.41, 5.74) is 5.75. The van der Waals surface area contributed by atoms with Crippen LogP contribution in [0.25, 0.3) is 22.7 Å². The van der Waals surface area contributed by atoms with Gasteiger partial charge in [-0.3, -0.25) is 0 Å². The molecule has 0 aliphatic heterocycles. The molecular weight excluding hydrogens is 328 g/mol. The van der Waals surface area contributed by atoms with Crippen LogP contribution in [0.15, 0.2) is 103 Å². The molecule has 2 heteroatoms. The van der Waals surface area contributed by atoms with E-state index in [-0.39, 0.29) is 0 Å². The van der Waals surface area contributed by atoms with E-state index >= 15 is 0 Å². The summed E-state index contributed by atoms with van der Waals surface area (Å²) >= 11 is 0. The summed E-state index contributed by atoms with van der Waals surface area (Å²) in [6.45, 7) is 2.03. The van der Waals surface area contributed by atoms with Gasteiger partial charge in [-0.25, -0.2) is 0 Å². The highest BCUT2D eigenvalue weighted by atomic mass is 15.0. The van der Waals surface area contributed by atoms with E-state index in [2.05, 4.69) is 95.0 Å². The summed E-state index contributed by atoms with van der Waals surface area (Å²) < 4.78 is 2.25. The van der Waals surface area contributed by atoms with Crippen LogP contribution in [-0.2, 0) is 0 Å². The van der Waals surface area contributed by atoms with Gasteiger partial charge in [0.2, 0.25) is 0 Å². The first-order valence-electron chi connectivity index (χ1n) is 9.17. The molecule has 0 atom stereocenters. The molecule has 0 saturated heterocycles. The van der Waals surface area contributed by atoms with E-state index in [0.29, 0.717) is 0 Å². The van der Waals surface area contributed by atoms with Gasteiger partial charge in [0.05, 0.1) is 5.52 Å². The second kappa shape index (κ2) is 7.79. The first-order valence-corrected chi connectivity index (χ1v) is 9.17. The Bertz CT molecular complexity index is 1080. The second-order valence-corrected chi connectivity index (χ2v) is 6.39. The molecule has 0 fully saturated rings. The number of fused-ring (bicyclic) bond motifs is 1. The molecule has 1 aromatic heterocycles. The third-order valence-corrected chi connectivity index (χ3v) is 4.53. The fourth-order valence-corrected chi connectivity index (χ4v) is 3.22. The minimum atomic E-state index is 1.08. The van der Waals surface area contributed by atoms with E-state index in [0.717, 1.165) is 17.1 Å². The Kier molecular flexibility index (Phi) is 4.88. The molecule has 4 rings (SSSR count). The SMILES string of the molecule is C/C=C\C=C/c1cn(-c2ccc(Nc3ccccc3)cc2)c2ccccc12. The zero-order valence-corrected chi connectivity index (χ0v) is 15.3. The van der Waals surface area contributed by atoms with E-state index in [1.807, 2.05) is 31.2 Å². The Morgan fingerprint density at radius 2 is 1.44 bits per heavy atom. The number of para-hydroxylation sites is 2. The number of nitrogens with zero attached hydrogens (tertiary/aromatic N) is 1. The molecule has 0 aliphatic rings. The Balaban J connectivity index is 1.68. The molecule has 0 unspecified atom stereocenters. The van der Waals surface area contributed by atoms with E-state index < -0.39 is 0 Å². The fourth-order valence-electron chi connectivity index (χ4n) is 3.22. The minimum absolute atomic E-state index is 1.08. The predicted octanol–water partition coefficient (Wildman–Crippen LogP) is 6.96. The first-order chi connectivity index (χ1) is 13.3. The van der Waals surface area contributed by atoms with Gasteiger partial charge in [0, 0.05) is 34.2 Å². The van der Waals surface area contributed by atoms with Crippen LogP contribution < -0.4 is 5.32 Å². The lowest BCUT2D eigenvalue weighted by Crippen LogP contribution is -1.93. The number of rotatable bonds is 5. The summed E-state index contributed by atoms with van der Waals surface area (Å²) in [7, 11) is 0. The zero-order chi connectivity index (χ0) is 18.5. The summed E-state index contributed by atoms with van der Waals surface area (Å²) in [6.07, 6.45) is 10.5. The Morgan fingerprint density at radius 3 is 2.22 bits per heavy atom. The van der Waals surface area contributed by atoms with Crippen molar-refractivity contribution in [3.63, 3.8) is 0 Å². The fraction of sp³-hybridized carbons (Fsp3) is 0.0400. The van der Waals surface area contributed by atoms with Gasteiger partial charge in [0.15, 0.2) is 0 Å². The van der Waals surface area contributed by atoms with Crippen LogP contribution in [-0.4, -0.2) is 4.57 Å². The molecule has 1 N–H and O–H groups in total. The molecule has 4 aromatic rings. The summed E-state index contributed by atoms with van der Waals surface area (Å²) in [5.74, 6) is 0. The van der Waals surface area contributed by atoms with Crippen LogP contribution >= 0.6 is 0 Å². The van der Waals surface area contributed by atoms with E-state index in [1.54, 1.807) is 0 Å². The number of benzene rings is 3. The van der Waals surface area contributed by atoms with Crippen LogP contribution in [0.1, 0.15) is 12.5 Å².